The van der Waals surface area contributed by atoms with Crippen molar-refractivity contribution in [1.82, 2.24) is 19.8 Å². The summed E-state index contributed by atoms with van der Waals surface area (Å²) in [6.07, 6.45) is 8.95. The first kappa shape index (κ1) is 19.8. The molecule has 2 aromatic rings. The van der Waals surface area contributed by atoms with Crippen molar-refractivity contribution in [2.45, 2.75) is 44.1 Å². The number of nitrogens with zero attached hydrogens (tertiary/aromatic N) is 3. The molecule has 1 saturated carbocycles. The third-order valence-electron chi connectivity index (χ3n) is 5.87. The second-order valence-corrected chi connectivity index (χ2v) is 8.05. The number of aromatic amines is 1. The summed E-state index contributed by atoms with van der Waals surface area (Å²) in [5.41, 5.74) is 1.50. The van der Waals surface area contributed by atoms with Gasteiger partial charge in [0.2, 0.25) is 0 Å². The predicted molar refractivity (Wildman–Crippen MR) is 108 cm³/mol. The van der Waals surface area contributed by atoms with Crippen molar-refractivity contribution >= 4 is 5.91 Å². The topological polar surface area (TPSA) is 69.3 Å². The quantitative estimate of drug-likeness (QED) is 0.845. The Morgan fingerprint density at radius 3 is 2.52 bits per heavy atom. The number of amides is 1. The van der Waals surface area contributed by atoms with Gasteiger partial charge in [0.15, 0.2) is 0 Å². The van der Waals surface area contributed by atoms with Crippen molar-refractivity contribution < 1.29 is 9.18 Å². The van der Waals surface area contributed by atoms with Gasteiger partial charge >= 0.3 is 0 Å². The van der Waals surface area contributed by atoms with E-state index in [0.717, 1.165) is 31.7 Å². The van der Waals surface area contributed by atoms with E-state index in [9.17, 15) is 14.0 Å². The van der Waals surface area contributed by atoms with Gasteiger partial charge < -0.3 is 9.88 Å². The molecule has 1 atom stereocenters. The van der Waals surface area contributed by atoms with Crippen LogP contribution in [0.2, 0.25) is 0 Å². The van der Waals surface area contributed by atoms with Gasteiger partial charge in [-0.2, -0.15) is 0 Å². The molecule has 3 fully saturated rings. The molecular formula is C22H27FN4O2. The summed E-state index contributed by atoms with van der Waals surface area (Å²) in [6, 6.07) is 6.39. The van der Waals surface area contributed by atoms with Crippen LogP contribution in [0.3, 0.4) is 0 Å². The van der Waals surface area contributed by atoms with Crippen LogP contribution in [-0.4, -0.2) is 57.9 Å². The van der Waals surface area contributed by atoms with Crippen molar-refractivity contribution in [2.24, 2.45) is 0 Å². The fourth-order valence-electron chi connectivity index (χ4n) is 4.12. The molecule has 1 N–H and O–H groups in total. The Morgan fingerprint density at radius 1 is 1.07 bits per heavy atom. The lowest BCUT2D eigenvalue weighted by Gasteiger charge is -2.25. The molecule has 0 unspecified atom stereocenters. The summed E-state index contributed by atoms with van der Waals surface area (Å²) >= 11 is 0. The van der Waals surface area contributed by atoms with Crippen molar-refractivity contribution in [3.63, 3.8) is 0 Å². The fraction of sp³-hybridized carbons (Fsp3) is 0.500. The number of carbonyl (C=O) groups is 1. The third-order valence-corrected chi connectivity index (χ3v) is 5.87. The van der Waals surface area contributed by atoms with Gasteiger partial charge in [-0.25, -0.2) is 4.39 Å². The normalized spacial score (nSPS) is 21.7. The van der Waals surface area contributed by atoms with Gasteiger partial charge in [-0.15, -0.1) is 0 Å². The van der Waals surface area contributed by atoms with E-state index in [1.807, 2.05) is 4.90 Å². The van der Waals surface area contributed by atoms with Crippen LogP contribution in [0, 0.1) is 5.82 Å². The molecule has 3 heterocycles. The first-order valence-corrected chi connectivity index (χ1v) is 10.4. The molecule has 3 aliphatic rings. The molecule has 6 nitrogen and oxygen atoms in total. The second-order valence-electron chi connectivity index (χ2n) is 8.05. The highest BCUT2D eigenvalue weighted by Crippen LogP contribution is 2.38. The number of carbonyl (C=O) groups excluding carboxylic acids is 1. The lowest BCUT2D eigenvalue weighted by Crippen LogP contribution is -2.39. The molecular weight excluding hydrogens is 371 g/mol. The Morgan fingerprint density at radius 2 is 1.83 bits per heavy atom. The Bertz CT molecular complexity index is 874. The van der Waals surface area contributed by atoms with E-state index in [4.69, 9.17) is 0 Å². The molecule has 1 aliphatic carbocycles. The van der Waals surface area contributed by atoms with Crippen LogP contribution < -0.4 is 5.56 Å². The Labute approximate surface area is 169 Å². The largest absolute Gasteiger partial charge is 0.337 e. The van der Waals surface area contributed by atoms with E-state index in [1.165, 1.54) is 50.6 Å². The van der Waals surface area contributed by atoms with Crippen molar-refractivity contribution in [3.8, 4) is 0 Å². The monoisotopic (exact) mass is 398 g/mol. The van der Waals surface area contributed by atoms with Crippen LogP contribution in [0.5, 0.6) is 0 Å². The molecule has 29 heavy (non-hydrogen) atoms. The summed E-state index contributed by atoms with van der Waals surface area (Å²) in [5.74, 6) is 0.361. The van der Waals surface area contributed by atoms with Gasteiger partial charge in [-0.05, 0) is 62.9 Å². The van der Waals surface area contributed by atoms with Crippen LogP contribution in [0.4, 0.5) is 4.39 Å². The molecule has 154 valence electrons. The maximum absolute atomic E-state index is 12.9. The van der Waals surface area contributed by atoms with Crippen LogP contribution in [-0.2, 0) is 0 Å². The van der Waals surface area contributed by atoms with Gasteiger partial charge in [0.1, 0.15) is 5.82 Å². The molecule has 0 radical (unpaired) electrons. The smallest absolute Gasteiger partial charge is 0.266 e. The highest BCUT2D eigenvalue weighted by Gasteiger charge is 2.30. The van der Waals surface area contributed by atoms with Crippen LogP contribution >= 0.6 is 0 Å². The first-order chi connectivity index (χ1) is 14.1. The summed E-state index contributed by atoms with van der Waals surface area (Å²) in [7, 11) is 0. The summed E-state index contributed by atoms with van der Waals surface area (Å²) < 4.78 is 12.9. The van der Waals surface area contributed by atoms with E-state index in [-0.39, 0.29) is 17.3 Å². The summed E-state index contributed by atoms with van der Waals surface area (Å²) in [6.45, 7) is 3.89. The van der Waals surface area contributed by atoms with Crippen LogP contribution in [0.15, 0.2) is 41.5 Å². The van der Waals surface area contributed by atoms with Gasteiger partial charge in [-0.3, -0.25) is 19.5 Å². The number of H-pyrrole nitrogens is 1. The Hall–Kier alpha value is -2.54. The van der Waals surface area contributed by atoms with E-state index in [1.54, 1.807) is 18.3 Å². The molecule has 5 rings (SSSR count). The molecule has 1 aromatic heterocycles. The predicted octanol–water partition coefficient (Wildman–Crippen LogP) is 2.78. The minimum absolute atomic E-state index is 0.0359. The Kier molecular flexibility index (Phi) is 6.04. The second kappa shape index (κ2) is 8.86. The zero-order valence-electron chi connectivity index (χ0n) is 16.5. The number of hydrogen-bond acceptors (Lipinski definition) is 4. The number of rotatable bonds is 2. The average molecular weight is 398 g/mol. The lowest BCUT2D eigenvalue weighted by molar-refractivity contribution is 0.0743. The molecule has 1 amide bonds. The van der Waals surface area contributed by atoms with Gasteiger partial charge in [0.25, 0.3) is 11.5 Å². The SMILES string of the molecule is O=C(c1ccc(F)cc1)N1CCCN2CCC[C@H]2C1.O=c1cnc(C2CC2)c[nH]1. The molecule has 2 aliphatic heterocycles. The number of halogens is 1. The number of nitrogens with one attached hydrogen (secondary N) is 1. The highest BCUT2D eigenvalue weighted by atomic mass is 19.1. The number of benzene rings is 1. The molecule has 2 saturated heterocycles. The average Bonchev–Trinajstić information content (AvgIpc) is 3.52. The fourth-order valence-corrected chi connectivity index (χ4v) is 4.12. The van der Waals surface area contributed by atoms with E-state index >= 15 is 0 Å². The van der Waals surface area contributed by atoms with E-state index in [2.05, 4.69) is 14.9 Å². The zero-order chi connectivity index (χ0) is 20.2. The van der Waals surface area contributed by atoms with Crippen LogP contribution in [0.25, 0.3) is 0 Å². The number of hydrogen-bond donors (Lipinski definition) is 1. The number of aromatic nitrogens is 2. The maximum Gasteiger partial charge on any atom is 0.266 e. The standard InChI is InChI=1S/C15H19FN2O.C7H8N2O/c16-13-6-4-12(5-7-13)15(19)18-10-2-9-17-8-1-3-14(17)11-18;10-7-4-8-6(3-9-7)5-1-2-5/h4-7,14H,1-3,8-11H2;3-5H,1-2H2,(H,9,10)/t14-;/m0./s1. The van der Waals surface area contributed by atoms with Crippen LogP contribution in [0.1, 0.15) is 54.1 Å². The van der Waals surface area contributed by atoms with Gasteiger partial charge in [0.05, 0.1) is 11.9 Å². The number of fused-ring (bicyclic) bond motifs is 1. The first-order valence-electron chi connectivity index (χ1n) is 10.4. The van der Waals surface area contributed by atoms with Crippen molar-refractivity contribution in [2.75, 3.05) is 26.2 Å². The zero-order valence-corrected chi connectivity index (χ0v) is 16.5. The summed E-state index contributed by atoms with van der Waals surface area (Å²) in [5, 5.41) is 0. The van der Waals surface area contributed by atoms with E-state index in [0.29, 0.717) is 17.5 Å². The minimum Gasteiger partial charge on any atom is -0.337 e. The minimum atomic E-state index is -0.297. The van der Waals surface area contributed by atoms with Gasteiger partial charge in [-0.1, -0.05) is 0 Å². The van der Waals surface area contributed by atoms with Gasteiger partial charge in [0, 0.05) is 43.4 Å². The lowest BCUT2D eigenvalue weighted by atomic mass is 10.1. The maximum atomic E-state index is 12.9. The van der Waals surface area contributed by atoms with Crippen molar-refractivity contribution in [3.05, 3.63) is 64.1 Å². The highest BCUT2D eigenvalue weighted by molar-refractivity contribution is 5.94. The molecule has 0 spiro atoms. The molecule has 0 bridgehead atoms. The molecule has 7 heteroatoms. The summed E-state index contributed by atoms with van der Waals surface area (Å²) in [4.78, 5) is 34.0. The van der Waals surface area contributed by atoms with Crippen molar-refractivity contribution in [1.29, 1.82) is 0 Å². The third kappa shape index (κ3) is 5.09. The van der Waals surface area contributed by atoms with E-state index < -0.39 is 0 Å². The Balaban J connectivity index is 0.000000171. The molecule has 1 aromatic carbocycles.